The van der Waals surface area contributed by atoms with Crippen LogP contribution in [0.3, 0.4) is 0 Å². The third-order valence-electron chi connectivity index (χ3n) is 3.60. The van der Waals surface area contributed by atoms with Gasteiger partial charge in [-0.1, -0.05) is 36.4 Å². The number of nitro groups is 1. The first-order valence-corrected chi connectivity index (χ1v) is 8.02. The summed E-state index contributed by atoms with van der Waals surface area (Å²) < 4.78 is 0. The van der Waals surface area contributed by atoms with Gasteiger partial charge in [0.05, 0.1) is 24.6 Å². The Balaban J connectivity index is 1.91. The Kier molecular flexibility index (Phi) is 6.42. The number of carbonyl (C=O) groups excluding carboxylic acids is 1. The molecule has 0 aliphatic carbocycles. The van der Waals surface area contributed by atoms with Gasteiger partial charge in [0.25, 0.3) is 5.69 Å². The number of amides is 1. The zero-order chi connectivity index (χ0) is 18.2. The molecule has 6 heteroatoms. The highest BCUT2D eigenvalue weighted by molar-refractivity contribution is 5.92. The molecule has 0 aliphatic rings. The van der Waals surface area contributed by atoms with Crippen molar-refractivity contribution >= 4 is 17.7 Å². The van der Waals surface area contributed by atoms with Gasteiger partial charge in [0.1, 0.15) is 6.54 Å². The Morgan fingerprint density at radius 1 is 1.12 bits per heavy atom. The van der Waals surface area contributed by atoms with E-state index < -0.39 is 4.92 Å². The van der Waals surface area contributed by atoms with E-state index in [0.29, 0.717) is 12.1 Å². The summed E-state index contributed by atoms with van der Waals surface area (Å²) in [5.41, 5.74) is 2.62. The van der Waals surface area contributed by atoms with E-state index in [9.17, 15) is 14.9 Å². The Bertz CT molecular complexity index is 768. The highest BCUT2D eigenvalue weighted by Gasteiger charge is 2.09. The summed E-state index contributed by atoms with van der Waals surface area (Å²) in [6.45, 7) is 1.36. The maximum Gasteiger partial charge on any atom is 0.276 e. The maximum atomic E-state index is 11.9. The van der Waals surface area contributed by atoms with Crippen LogP contribution in [0.15, 0.2) is 54.6 Å². The summed E-state index contributed by atoms with van der Waals surface area (Å²) >= 11 is 0. The van der Waals surface area contributed by atoms with E-state index in [1.807, 2.05) is 12.1 Å². The minimum absolute atomic E-state index is 0.0230. The molecule has 2 aromatic carbocycles. The van der Waals surface area contributed by atoms with E-state index in [4.69, 9.17) is 0 Å². The van der Waals surface area contributed by atoms with Crippen molar-refractivity contribution in [2.45, 2.75) is 13.1 Å². The molecule has 0 saturated carbocycles. The van der Waals surface area contributed by atoms with E-state index in [0.717, 1.165) is 12.1 Å². The van der Waals surface area contributed by atoms with Gasteiger partial charge >= 0.3 is 0 Å². The molecule has 0 saturated heterocycles. The second-order valence-electron chi connectivity index (χ2n) is 6.07. The molecule has 0 radical (unpaired) electrons. The lowest BCUT2D eigenvalue weighted by Crippen LogP contribution is -3.04. The number of hydrogen-bond donors (Lipinski definition) is 2. The van der Waals surface area contributed by atoms with Crippen molar-refractivity contribution in [3.63, 3.8) is 0 Å². The fourth-order valence-corrected chi connectivity index (χ4v) is 2.39. The lowest BCUT2D eigenvalue weighted by molar-refractivity contribution is -0.872. The van der Waals surface area contributed by atoms with Crippen molar-refractivity contribution < 1.29 is 14.6 Å². The van der Waals surface area contributed by atoms with Crippen LogP contribution in [0.4, 0.5) is 5.69 Å². The summed E-state index contributed by atoms with van der Waals surface area (Å²) in [4.78, 5) is 23.7. The van der Waals surface area contributed by atoms with Gasteiger partial charge in [-0.05, 0) is 17.7 Å². The van der Waals surface area contributed by atoms with Gasteiger partial charge in [0.15, 0.2) is 0 Å². The number of rotatable bonds is 7. The minimum Gasteiger partial charge on any atom is -0.348 e. The molecular formula is C19H22N3O3+. The van der Waals surface area contributed by atoms with Gasteiger partial charge in [-0.2, -0.15) is 0 Å². The van der Waals surface area contributed by atoms with Crippen molar-refractivity contribution in [2.75, 3.05) is 14.1 Å². The number of hydrogen-bond acceptors (Lipinski definition) is 3. The molecule has 0 aliphatic heterocycles. The number of nitrogens with zero attached hydrogens (tertiary/aromatic N) is 1. The second-order valence-corrected chi connectivity index (χ2v) is 6.07. The van der Waals surface area contributed by atoms with E-state index in [1.54, 1.807) is 18.2 Å². The van der Waals surface area contributed by atoms with Crippen LogP contribution in [0.2, 0.25) is 0 Å². The molecule has 2 rings (SSSR count). The number of benzene rings is 2. The molecule has 6 nitrogen and oxygen atoms in total. The number of carbonyl (C=O) groups is 1. The lowest BCUT2D eigenvalue weighted by Gasteiger charge is -2.08. The molecule has 1 amide bonds. The third-order valence-corrected chi connectivity index (χ3v) is 3.60. The molecule has 0 heterocycles. The maximum absolute atomic E-state index is 11.9. The van der Waals surface area contributed by atoms with Crippen molar-refractivity contribution in [3.05, 3.63) is 81.4 Å². The third kappa shape index (κ3) is 5.86. The fraction of sp³-hybridized carbons (Fsp3) is 0.211. The Hall–Kier alpha value is -2.99. The van der Waals surface area contributed by atoms with Crippen LogP contribution in [0.25, 0.3) is 6.08 Å². The standard InChI is InChI=1S/C19H21N3O3/c1-21(2)14-16-9-7-15(8-10-16)13-20-19(23)12-11-17-5-3-4-6-18(17)22(24)25/h3-12H,13-14H2,1-2H3,(H,20,23)/p+1/b12-11+. The molecule has 0 atom stereocenters. The molecule has 0 unspecified atom stereocenters. The first-order chi connectivity index (χ1) is 12.0. The van der Waals surface area contributed by atoms with Gasteiger partial charge in [-0.25, -0.2) is 0 Å². The van der Waals surface area contributed by atoms with Crippen LogP contribution >= 0.6 is 0 Å². The molecule has 0 aromatic heterocycles. The summed E-state index contributed by atoms with van der Waals surface area (Å²) in [5.74, 6) is -0.292. The first kappa shape index (κ1) is 18.4. The summed E-state index contributed by atoms with van der Waals surface area (Å²) in [5, 5.41) is 13.7. The quantitative estimate of drug-likeness (QED) is 0.456. The van der Waals surface area contributed by atoms with Crippen molar-refractivity contribution in [2.24, 2.45) is 0 Å². The number of para-hydroxylation sites is 1. The predicted octanol–water partition coefficient (Wildman–Crippen LogP) is 1.57. The molecule has 2 N–H and O–H groups in total. The Morgan fingerprint density at radius 3 is 2.40 bits per heavy atom. The number of nitrogens with one attached hydrogen (secondary N) is 2. The van der Waals surface area contributed by atoms with E-state index in [1.165, 1.54) is 28.7 Å². The topological polar surface area (TPSA) is 76.7 Å². The van der Waals surface area contributed by atoms with Gasteiger partial charge in [-0.15, -0.1) is 0 Å². The summed E-state index contributed by atoms with van der Waals surface area (Å²) in [6, 6.07) is 14.4. The average Bonchev–Trinajstić information content (AvgIpc) is 2.59. The molecule has 0 spiro atoms. The molecule has 0 fully saturated rings. The zero-order valence-corrected chi connectivity index (χ0v) is 14.4. The largest absolute Gasteiger partial charge is 0.348 e. The van der Waals surface area contributed by atoms with Crippen LogP contribution in [0, 0.1) is 10.1 Å². The Labute approximate surface area is 146 Å². The predicted molar refractivity (Wildman–Crippen MR) is 96.9 cm³/mol. The molecule has 0 bridgehead atoms. The van der Waals surface area contributed by atoms with Crippen LogP contribution in [-0.2, 0) is 17.9 Å². The van der Waals surface area contributed by atoms with E-state index in [2.05, 4.69) is 31.5 Å². The van der Waals surface area contributed by atoms with Gasteiger partial charge in [-0.3, -0.25) is 14.9 Å². The molecule has 2 aromatic rings. The van der Waals surface area contributed by atoms with Crippen LogP contribution < -0.4 is 10.2 Å². The second kappa shape index (κ2) is 8.75. The van der Waals surface area contributed by atoms with Crippen LogP contribution in [-0.4, -0.2) is 24.9 Å². The molecule has 25 heavy (non-hydrogen) atoms. The molecular weight excluding hydrogens is 318 g/mol. The Morgan fingerprint density at radius 2 is 1.76 bits per heavy atom. The molecule has 130 valence electrons. The monoisotopic (exact) mass is 340 g/mol. The van der Waals surface area contributed by atoms with Crippen molar-refractivity contribution in [1.82, 2.24) is 5.32 Å². The van der Waals surface area contributed by atoms with E-state index in [-0.39, 0.29) is 11.6 Å². The smallest absolute Gasteiger partial charge is 0.276 e. The zero-order valence-electron chi connectivity index (χ0n) is 14.4. The summed E-state index contributed by atoms with van der Waals surface area (Å²) in [7, 11) is 4.19. The van der Waals surface area contributed by atoms with E-state index >= 15 is 0 Å². The summed E-state index contributed by atoms with van der Waals surface area (Å²) in [6.07, 6.45) is 2.77. The van der Waals surface area contributed by atoms with Crippen molar-refractivity contribution in [1.29, 1.82) is 0 Å². The van der Waals surface area contributed by atoms with Crippen LogP contribution in [0.1, 0.15) is 16.7 Å². The highest BCUT2D eigenvalue weighted by atomic mass is 16.6. The number of quaternary nitrogens is 1. The van der Waals surface area contributed by atoms with Gasteiger partial charge < -0.3 is 10.2 Å². The van der Waals surface area contributed by atoms with Crippen molar-refractivity contribution in [3.8, 4) is 0 Å². The SMILES string of the molecule is C[NH+](C)Cc1ccc(CNC(=O)/C=C/c2ccccc2[N+](=O)[O-])cc1. The average molecular weight is 340 g/mol. The van der Waals surface area contributed by atoms with Gasteiger partial charge in [0, 0.05) is 24.3 Å². The lowest BCUT2D eigenvalue weighted by atomic mass is 10.1. The van der Waals surface area contributed by atoms with Crippen LogP contribution in [0.5, 0.6) is 0 Å². The fourth-order valence-electron chi connectivity index (χ4n) is 2.39. The first-order valence-electron chi connectivity index (χ1n) is 8.02. The minimum atomic E-state index is -0.464. The van der Waals surface area contributed by atoms with Gasteiger partial charge in [0.2, 0.25) is 5.91 Å². The number of nitro benzene ring substituents is 1. The highest BCUT2D eigenvalue weighted by Crippen LogP contribution is 2.18. The normalized spacial score (nSPS) is 11.0.